The van der Waals surface area contributed by atoms with Crippen LogP contribution in [0, 0.1) is 5.92 Å². The zero-order valence-electron chi connectivity index (χ0n) is 17.5. The third kappa shape index (κ3) is 3.67. The molecule has 1 atom stereocenters. The first-order valence-corrected chi connectivity index (χ1v) is 10.8. The molecule has 5 nitrogen and oxygen atoms in total. The standard InChI is InChI=1S/C26H25N3O2/c1-18-14-15-28(16-18)20-12-10-19(11-13-20)27-25(30)17-29-23-8-4-2-6-21(23)26(31)22-7-3-5-9-24(22)29/h2-13,18H,14-17H2,1H3,(H,27,30). The zero-order valence-corrected chi connectivity index (χ0v) is 17.5. The highest BCUT2D eigenvalue weighted by molar-refractivity contribution is 5.97. The van der Waals surface area contributed by atoms with Gasteiger partial charge in [-0.05, 0) is 60.9 Å². The van der Waals surface area contributed by atoms with Gasteiger partial charge in [-0.15, -0.1) is 0 Å². The molecule has 0 aliphatic carbocycles. The van der Waals surface area contributed by atoms with Crippen LogP contribution in [0.1, 0.15) is 13.3 Å². The molecular weight excluding hydrogens is 386 g/mol. The molecule has 1 fully saturated rings. The summed E-state index contributed by atoms with van der Waals surface area (Å²) in [6.45, 7) is 4.57. The van der Waals surface area contributed by atoms with E-state index in [0.717, 1.165) is 35.7 Å². The molecule has 0 radical (unpaired) electrons. The molecule has 1 saturated heterocycles. The van der Waals surface area contributed by atoms with E-state index in [-0.39, 0.29) is 17.9 Å². The van der Waals surface area contributed by atoms with Crippen molar-refractivity contribution in [3.8, 4) is 0 Å². The number of carbonyl (C=O) groups excluding carboxylic acids is 1. The van der Waals surface area contributed by atoms with Gasteiger partial charge in [-0.25, -0.2) is 0 Å². The number of anilines is 2. The van der Waals surface area contributed by atoms with Crippen molar-refractivity contribution in [3.05, 3.63) is 83.0 Å². The number of nitrogens with zero attached hydrogens (tertiary/aromatic N) is 2. The van der Waals surface area contributed by atoms with Crippen molar-refractivity contribution in [2.45, 2.75) is 19.9 Å². The van der Waals surface area contributed by atoms with E-state index in [2.05, 4.69) is 29.3 Å². The Morgan fingerprint density at radius 3 is 2.13 bits per heavy atom. The third-order valence-electron chi connectivity index (χ3n) is 6.12. The van der Waals surface area contributed by atoms with E-state index in [0.29, 0.717) is 10.8 Å². The highest BCUT2D eigenvalue weighted by atomic mass is 16.2. The summed E-state index contributed by atoms with van der Waals surface area (Å²) in [5.74, 6) is 0.600. The summed E-state index contributed by atoms with van der Waals surface area (Å²) in [5, 5.41) is 4.25. The summed E-state index contributed by atoms with van der Waals surface area (Å²) in [5.41, 5.74) is 3.49. The van der Waals surface area contributed by atoms with Gasteiger partial charge >= 0.3 is 0 Å². The van der Waals surface area contributed by atoms with E-state index in [1.54, 1.807) is 0 Å². The number of fused-ring (bicyclic) bond motifs is 2. The fraction of sp³-hybridized carbons (Fsp3) is 0.231. The van der Waals surface area contributed by atoms with Crippen molar-refractivity contribution in [1.82, 2.24) is 4.57 Å². The summed E-state index contributed by atoms with van der Waals surface area (Å²) in [6.07, 6.45) is 1.22. The van der Waals surface area contributed by atoms with Crippen molar-refractivity contribution in [2.75, 3.05) is 23.3 Å². The lowest BCUT2D eigenvalue weighted by Crippen LogP contribution is -2.22. The molecule has 2 heterocycles. The Morgan fingerprint density at radius 2 is 1.55 bits per heavy atom. The van der Waals surface area contributed by atoms with Crippen molar-refractivity contribution < 1.29 is 4.79 Å². The van der Waals surface area contributed by atoms with E-state index in [1.807, 2.05) is 65.2 Å². The van der Waals surface area contributed by atoms with Crippen LogP contribution in [0.2, 0.25) is 0 Å². The maximum atomic E-state index is 12.9. The Balaban J connectivity index is 1.41. The lowest BCUT2D eigenvalue weighted by atomic mass is 10.1. The zero-order chi connectivity index (χ0) is 21.4. The summed E-state index contributed by atoms with van der Waals surface area (Å²) < 4.78 is 1.92. The van der Waals surface area contributed by atoms with E-state index < -0.39 is 0 Å². The predicted molar refractivity (Wildman–Crippen MR) is 127 cm³/mol. The molecule has 5 heteroatoms. The number of para-hydroxylation sites is 2. The highest BCUT2D eigenvalue weighted by Crippen LogP contribution is 2.25. The lowest BCUT2D eigenvalue weighted by molar-refractivity contribution is -0.116. The van der Waals surface area contributed by atoms with Crippen molar-refractivity contribution >= 4 is 39.1 Å². The van der Waals surface area contributed by atoms with Gasteiger partial charge < -0.3 is 14.8 Å². The fourth-order valence-electron chi connectivity index (χ4n) is 4.52. The van der Waals surface area contributed by atoms with Crippen LogP contribution < -0.4 is 15.6 Å². The van der Waals surface area contributed by atoms with Gasteiger partial charge in [0.25, 0.3) is 0 Å². The maximum absolute atomic E-state index is 12.9. The van der Waals surface area contributed by atoms with Crippen LogP contribution in [0.15, 0.2) is 77.6 Å². The first kappa shape index (κ1) is 19.4. The van der Waals surface area contributed by atoms with E-state index in [9.17, 15) is 9.59 Å². The number of hydrogen-bond acceptors (Lipinski definition) is 3. The Hall–Kier alpha value is -3.60. The summed E-state index contributed by atoms with van der Waals surface area (Å²) in [4.78, 5) is 28.2. The smallest absolute Gasteiger partial charge is 0.244 e. The number of carbonyl (C=O) groups is 1. The number of aromatic nitrogens is 1. The second-order valence-corrected chi connectivity index (χ2v) is 8.38. The van der Waals surface area contributed by atoms with E-state index >= 15 is 0 Å². The van der Waals surface area contributed by atoms with Gasteiger partial charge in [0.2, 0.25) is 5.91 Å². The monoisotopic (exact) mass is 411 g/mol. The van der Waals surface area contributed by atoms with Gasteiger partial charge in [-0.2, -0.15) is 0 Å². The maximum Gasteiger partial charge on any atom is 0.244 e. The Labute approximate surface area is 180 Å². The Bertz CT molecular complexity index is 1260. The molecule has 4 aromatic rings. The number of pyridine rings is 1. The molecule has 1 N–H and O–H groups in total. The number of benzene rings is 3. The van der Waals surface area contributed by atoms with E-state index in [4.69, 9.17) is 0 Å². The number of nitrogens with one attached hydrogen (secondary N) is 1. The predicted octanol–water partition coefficient (Wildman–Crippen LogP) is 4.64. The first-order valence-electron chi connectivity index (χ1n) is 10.8. The minimum absolute atomic E-state index is 0.00493. The van der Waals surface area contributed by atoms with Crippen LogP contribution in [0.3, 0.4) is 0 Å². The van der Waals surface area contributed by atoms with Crippen molar-refractivity contribution in [3.63, 3.8) is 0 Å². The summed E-state index contributed by atoms with van der Waals surface area (Å²) in [7, 11) is 0. The van der Waals surface area contributed by atoms with Gasteiger partial charge in [-0.3, -0.25) is 9.59 Å². The lowest BCUT2D eigenvalue weighted by Gasteiger charge is -2.19. The van der Waals surface area contributed by atoms with Crippen molar-refractivity contribution in [1.29, 1.82) is 0 Å². The Kier molecular flexibility index (Phi) is 4.94. The molecule has 1 aliphatic heterocycles. The number of rotatable bonds is 4. The molecule has 0 saturated carbocycles. The van der Waals surface area contributed by atoms with Crippen LogP contribution in [0.5, 0.6) is 0 Å². The average Bonchev–Trinajstić information content (AvgIpc) is 3.23. The van der Waals surface area contributed by atoms with Gasteiger partial charge in [-0.1, -0.05) is 31.2 Å². The number of amides is 1. The normalized spacial score (nSPS) is 16.2. The van der Waals surface area contributed by atoms with Gasteiger partial charge in [0.15, 0.2) is 5.43 Å². The fourth-order valence-corrected chi connectivity index (χ4v) is 4.52. The van der Waals surface area contributed by atoms with Gasteiger partial charge in [0, 0.05) is 35.2 Å². The Morgan fingerprint density at radius 1 is 0.935 bits per heavy atom. The summed E-state index contributed by atoms with van der Waals surface area (Å²) in [6, 6.07) is 23.0. The first-order chi connectivity index (χ1) is 15.1. The molecule has 5 rings (SSSR count). The second-order valence-electron chi connectivity index (χ2n) is 8.38. The molecule has 0 spiro atoms. The van der Waals surface area contributed by atoms with Crippen molar-refractivity contribution in [2.24, 2.45) is 5.92 Å². The molecule has 1 amide bonds. The van der Waals surface area contributed by atoms with Gasteiger partial charge in [0.05, 0.1) is 11.0 Å². The SMILES string of the molecule is CC1CCN(c2ccc(NC(=O)Cn3c4ccccc4c(=O)c4ccccc43)cc2)C1. The summed E-state index contributed by atoms with van der Waals surface area (Å²) >= 11 is 0. The minimum atomic E-state index is -0.124. The minimum Gasteiger partial charge on any atom is -0.371 e. The quantitative estimate of drug-likeness (QED) is 0.498. The molecule has 1 aromatic heterocycles. The topological polar surface area (TPSA) is 54.3 Å². The van der Waals surface area contributed by atoms with Crippen LogP contribution in [-0.4, -0.2) is 23.6 Å². The van der Waals surface area contributed by atoms with E-state index in [1.165, 1.54) is 12.1 Å². The average molecular weight is 412 g/mol. The number of hydrogen-bond donors (Lipinski definition) is 1. The second kappa shape index (κ2) is 7.91. The molecule has 3 aromatic carbocycles. The molecular formula is C26H25N3O2. The van der Waals surface area contributed by atoms with Gasteiger partial charge in [0.1, 0.15) is 6.54 Å². The van der Waals surface area contributed by atoms with Crippen LogP contribution in [-0.2, 0) is 11.3 Å². The highest BCUT2D eigenvalue weighted by Gasteiger charge is 2.19. The molecule has 31 heavy (non-hydrogen) atoms. The molecule has 1 aliphatic rings. The third-order valence-corrected chi connectivity index (χ3v) is 6.12. The van der Waals surface area contributed by atoms with Crippen LogP contribution in [0.4, 0.5) is 11.4 Å². The molecule has 0 bridgehead atoms. The molecule has 156 valence electrons. The largest absolute Gasteiger partial charge is 0.371 e. The molecule has 1 unspecified atom stereocenters. The van der Waals surface area contributed by atoms with Crippen LogP contribution >= 0.6 is 0 Å². The van der Waals surface area contributed by atoms with Crippen LogP contribution in [0.25, 0.3) is 21.8 Å².